The maximum atomic E-state index is 12.3. The van der Waals surface area contributed by atoms with Crippen LogP contribution in [0.15, 0.2) is 73.2 Å². The number of nitrogens with one attached hydrogen (secondary N) is 2. The second-order valence-corrected chi connectivity index (χ2v) is 5.63. The molecule has 2 aromatic heterocycles. The van der Waals surface area contributed by atoms with Crippen molar-refractivity contribution in [2.45, 2.75) is 13.0 Å². The molecule has 5 nitrogen and oxygen atoms in total. The minimum Gasteiger partial charge on any atom is -0.370 e. The summed E-state index contributed by atoms with van der Waals surface area (Å²) in [5.41, 5.74) is 2.87. The van der Waals surface area contributed by atoms with Crippen LogP contribution >= 0.6 is 0 Å². The van der Waals surface area contributed by atoms with Crippen molar-refractivity contribution in [3.05, 3.63) is 89.9 Å². The van der Waals surface area contributed by atoms with E-state index in [4.69, 9.17) is 0 Å². The van der Waals surface area contributed by atoms with E-state index < -0.39 is 0 Å². The van der Waals surface area contributed by atoms with Crippen LogP contribution < -0.4 is 10.6 Å². The summed E-state index contributed by atoms with van der Waals surface area (Å²) in [5, 5.41) is 6.16. The van der Waals surface area contributed by atoms with Gasteiger partial charge in [-0.05, 0) is 41.8 Å². The summed E-state index contributed by atoms with van der Waals surface area (Å²) < 4.78 is 0. The highest BCUT2D eigenvalue weighted by Crippen LogP contribution is 2.08. The van der Waals surface area contributed by atoms with Gasteiger partial charge in [0.2, 0.25) is 0 Å². The Morgan fingerprint density at radius 1 is 0.920 bits per heavy atom. The number of aromatic nitrogens is 2. The van der Waals surface area contributed by atoms with E-state index in [0.717, 1.165) is 18.5 Å². The Morgan fingerprint density at radius 2 is 1.72 bits per heavy atom. The molecule has 0 radical (unpaired) electrons. The molecule has 0 aliphatic rings. The lowest BCUT2D eigenvalue weighted by molar-refractivity contribution is 0.0951. The summed E-state index contributed by atoms with van der Waals surface area (Å²) in [6.07, 6.45) is 5.97. The summed E-state index contributed by atoms with van der Waals surface area (Å²) in [6, 6.07) is 17.5. The molecule has 3 aromatic rings. The number of nitrogens with zero attached hydrogens (tertiary/aromatic N) is 2. The average Bonchev–Trinajstić information content (AvgIpc) is 2.68. The van der Waals surface area contributed by atoms with E-state index in [9.17, 15) is 4.79 Å². The summed E-state index contributed by atoms with van der Waals surface area (Å²) in [7, 11) is 0. The number of hydrogen-bond donors (Lipinski definition) is 2. The SMILES string of the molecule is O=C(NCc1ccncc1)c1ccnc(NCCc2ccccc2)c1. The van der Waals surface area contributed by atoms with Crippen LogP contribution in [0.4, 0.5) is 5.82 Å². The van der Waals surface area contributed by atoms with Crippen LogP contribution in [0.2, 0.25) is 0 Å². The Kier molecular flexibility index (Phi) is 5.72. The van der Waals surface area contributed by atoms with Crippen molar-refractivity contribution in [2.24, 2.45) is 0 Å². The van der Waals surface area contributed by atoms with E-state index in [1.165, 1.54) is 5.56 Å². The Hall–Kier alpha value is -3.21. The number of hydrogen-bond acceptors (Lipinski definition) is 4. The molecule has 1 amide bonds. The van der Waals surface area contributed by atoms with Gasteiger partial charge in [0.25, 0.3) is 5.91 Å². The van der Waals surface area contributed by atoms with Gasteiger partial charge in [0.05, 0.1) is 0 Å². The van der Waals surface area contributed by atoms with Gasteiger partial charge in [0, 0.05) is 37.2 Å². The summed E-state index contributed by atoms with van der Waals surface area (Å²) >= 11 is 0. The van der Waals surface area contributed by atoms with E-state index >= 15 is 0 Å². The lowest BCUT2D eigenvalue weighted by atomic mass is 10.1. The van der Waals surface area contributed by atoms with Crippen molar-refractivity contribution in [3.63, 3.8) is 0 Å². The van der Waals surface area contributed by atoms with Crippen LogP contribution in [0.5, 0.6) is 0 Å². The highest BCUT2D eigenvalue weighted by molar-refractivity contribution is 5.94. The summed E-state index contributed by atoms with van der Waals surface area (Å²) in [4.78, 5) is 20.5. The second-order valence-electron chi connectivity index (χ2n) is 5.63. The maximum absolute atomic E-state index is 12.3. The van der Waals surface area contributed by atoms with Crippen LogP contribution in [-0.4, -0.2) is 22.4 Å². The quantitative estimate of drug-likeness (QED) is 0.698. The molecule has 0 aliphatic carbocycles. The maximum Gasteiger partial charge on any atom is 0.251 e. The molecule has 0 aliphatic heterocycles. The standard InChI is InChI=1S/C20H20N4O/c25-20(24-15-17-6-10-21-11-7-17)18-9-13-23-19(14-18)22-12-8-16-4-2-1-3-5-16/h1-7,9-11,13-14H,8,12,15H2,(H,22,23)(H,24,25). The molecule has 0 spiro atoms. The molecular weight excluding hydrogens is 312 g/mol. The Balaban J connectivity index is 1.52. The normalized spacial score (nSPS) is 10.2. The van der Waals surface area contributed by atoms with Crippen molar-refractivity contribution < 1.29 is 4.79 Å². The smallest absolute Gasteiger partial charge is 0.251 e. The number of carbonyl (C=O) groups is 1. The first kappa shape index (κ1) is 16.6. The molecule has 0 saturated carbocycles. The molecule has 2 N–H and O–H groups in total. The van der Waals surface area contributed by atoms with Crippen molar-refractivity contribution in [2.75, 3.05) is 11.9 Å². The predicted octanol–water partition coefficient (Wildman–Crippen LogP) is 3.06. The fourth-order valence-electron chi connectivity index (χ4n) is 2.43. The third-order valence-corrected chi connectivity index (χ3v) is 3.79. The molecule has 0 fully saturated rings. The third-order valence-electron chi connectivity index (χ3n) is 3.79. The largest absolute Gasteiger partial charge is 0.370 e. The molecular formula is C20H20N4O. The molecule has 3 rings (SSSR count). The molecule has 0 saturated heterocycles. The number of anilines is 1. The van der Waals surface area contributed by atoms with E-state index in [2.05, 4.69) is 32.7 Å². The highest BCUT2D eigenvalue weighted by atomic mass is 16.1. The van der Waals surface area contributed by atoms with E-state index in [1.54, 1.807) is 30.7 Å². The van der Waals surface area contributed by atoms with Crippen molar-refractivity contribution in [3.8, 4) is 0 Å². The van der Waals surface area contributed by atoms with Crippen LogP contribution in [-0.2, 0) is 13.0 Å². The number of carbonyl (C=O) groups excluding carboxylic acids is 1. The molecule has 5 heteroatoms. The van der Waals surface area contributed by atoms with Gasteiger partial charge in [-0.2, -0.15) is 0 Å². The van der Waals surface area contributed by atoms with Gasteiger partial charge in [-0.3, -0.25) is 9.78 Å². The third kappa shape index (κ3) is 5.14. The average molecular weight is 332 g/mol. The molecule has 0 atom stereocenters. The zero-order chi connectivity index (χ0) is 17.3. The molecule has 2 heterocycles. The first-order valence-corrected chi connectivity index (χ1v) is 8.22. The van der Waals surface area contributed by atoms with E-state index in [0.29, 0.717) is 17.9 Å². The van der Waals surface area contributed by atoms with Gasteiger partial charge in [0.15, 0.2) is 0 Å². The van der Waals surface area contributed by atoms with Crippen LogP contribution in [0.1, 0.15) is 21.5 Å². The van der Waals surface area contributed by atoms with E-state index in [1.807, 2.05) is 30.3 Å². The zero-order valence-electron chi connectivity index (χ0n) is 13.9. The number of rotatable bonds is 7. The van der Waals surface area contributed by atoms with Gasteiger partial charge in [-0.1, -0.05) is 30.3 Å². The fraction of sp³-hybridized carbons (Fsp3) is 0.150. The number of benzene rings is 1. The summed E-state index contributed by atoms with van der Waals surface area (Å²) in [6.45, 7) is 1.24. The van der Waals surface area contributed by atoms with Crippen LogP contribution in [0, 0.1) is 0 Å². The molecule has 1 aromatic carbocycles. The monoisotopic (exact) mass is 332 g/mol. The Labute approximate surface area is 147 Å². The minimum atomic E-state index is -0.120. The van der Waals surface area contributed by atoms with Gasteiger partial charge in [-0.25, -0.2) is 4.98 Å². The van der Waals surface area contributed by atoms with Gasteiger partial charge in [-0.15, -0.1) is 0 Å². The van der Waals surface area contributed by atoms with Gasteiger partial charge >= 0.3 is 0 Å². The van der Waals surface area contributed by atoms with Gasteiger partial charge < -0.3 is 10.6 Å². The van der Waals surface area contributed by atoms with Crippen molar-refractivity contribution in [1.29, 1.82) is 0 Å². The topological polar surface area (TPSA) is 66.9 Å². The first-order chi connectivity index (χ1) is 12.3. The number of amides is 1. The zero-order valence-corrected chi connectivity index (χ0v) is 13.9. The minimum absolute atomic E-state index is 0.120. The summed E-state index contributed by atoms with van der Waals surface area (Å²) in [5.74, 6) is 0.581. The van der Waals surface area contributed by atoms with Gasteiger partial charge in [0.1, 0.15) is 5.82 Å². The lowest BCUT2D eigenvalue weighted by Crippen LogP contribution is -2.23. The van der Waals surface area contributed by atoms with Crippen molar-refractivity contribution in [1.82, 2.24) is 15.3 Å². The molecule has 0 bridgehead atoms. The lowest BCUT2D eigenvalue weighted by Gasteiger charge is -2.08. The van der Waals surface area contributed by atoms with Crippen molar-refractivity contribution >= 4 is 11.7 Å². The van der Waals surface area contributed by atoms with Crippen LogP contribution in [0.25, 0.3) is 0 Å². The van der Waals surface area contributed by atoms with Crippen LogP contribution in [0.3, 0.4) is 0 Å². The highest BCUT2D eigenvalue weighted by Gasteiger charge is 2.06. The predicted molar refractivity (Wildman–Crippen MR) is 98.3 cm³/mol. The second kappa shape index (κ2) is 8.59. The fourth-order valence-corrected chi connectivity index (χ4v) is 2.43. The Bertz CT molecular complexity index is 806. The first-order valence-electron chi connectivity index (χ1n) is 8.22. The molecule has 25 heavy (non-hydrogen) atoms. The molecule has 0 unspecified atom stereocenters. The Morgan fingerprint density at radius 3 is 2.52 bits per heavy atom. The number of pyridine rings is 2. The molecule has 126 valence electrons. The van der Waals surface area contributed by atoms with E-state index in [-0.39, 0.29) is 5.91 Å².